The Morgan fingerprint density at radius 1 is 0.328 bits per heavy atom. The first-order valence-electron chi connectivity index (χ1n) is 27.6. The minimum absolute atomic E-state index is 0.0805. The largest absolute Gasteiger partial charge is 0.462 e. The van der Waals surface area contributed by atoms with E-state index in [1.807, 2.05) is 0 Å². The molecular weight excluding hydrogens is 793 g/mol. The van der Waals surface area contributed by atoms with Crippen molar-refractivity contribution >= 4 is 17.9 Å². The summed E-state index contributed by atoms with van der Waals surface area (Å²) < 4.78 is 16.8. The molecule has 0 aliphatic heterocycles. The fourth-order valence-electron chi connectivity index (χ4n) is 7.88. The van der Waals surface area contributed by atoms with Crippen molar-refractivity contribution in [1.82, 2.24) is 0 Å². The van der Waals surface area contributed by atoms with Crippen LogP contribution in [0.5, 0.6) is 0 Å². The van der Waals surface area contributed by atoms with E-state index in [4.69, 9.17) is 14.2 Å². The maximum absolute atomic E-state index is 12.8. The monoisotopic (exact) mass is 897 g/mol. The third-order valence-electron chi connectivity index (χ3n) is 12.0. The van der Waals surface area contributed by atoms with Gasteiger partial charge in [-0.05, 0) is 96.3 Å². The van der Waals surface area contributed by atoms with Crippen LogP contribution in [0.25, 0.3) is 0 Å². The molecule has 0 fully saturated rings. The van der Waals surface area contributed by atoms with Crippen molar-refractivity contribution in [3.63, 3.8) is 0 Å². The van der Waals surface area contributed by atoms with Gasteiger partial charge in [0.1, 0.15) is 13.2 Å². The van der Waals surface area contributed by atoms with Gasteiger partial charge in [-0.2, -0.15) is 0 Å². The van der Waals surface area contributed by atoms with E-state index in [9.17, 15) is 14.4 Å². The van der Waals surface area contributed by atoms with Crippen molar-refractivity contribution in [3.05, 3.63) is 48.6 Å². The Labute approximate surface area is 397 Å². The van der Waals surface area contributed by atoms with Gasteiger partial charge in [0.25, 0.3) is 0 Å². The zero-order valence-corrected chi connectivity index (χ0v) is 42.6. The van der Waals surface area contributed by atoms with E-state index in [2.05, 4.69) is 69.4 Å². The van der Waals surface area contributed by atoms with Crippen LogP contribution in [-0.2, 0) is 28.6 Å². The lowest BCUT2D eigenvalue weighted by Gasteiger charge is -2.18. The van der Waals surface area contributed by atoms with Crippen LogP contribution in [0, 0.1) is 0 Å². The summed E-state index contributed by atoms with van der Waals surface area (Å²) in [6, 6.07) is 0. The van der Waals surface area contributed by atoms with Gasteiger partial charge >= 0.3 is 17.9 Å². The molecule has 0 aliphatic carbocycles. The van der Waals surface area contributed by atoms with Gasteiger partial charge in [0.05, 0.1) is 0 Å². The summed E-state index contributed by atoms with van der Waals surface area (Å²) in [5, 5.41) is 0. The summed E-state index contributed by atoms with van der Waals surface area (Å²) in [7, 11) is 0. The molecule has 6 nitrogen and oxygen atoms in total. The molecule has 0 heterocycles. The number of ether oxygens (including phenoxy) is 3. The number of unbranched alkanes of at least 4 members (excludes halogenated alkanes) is 31. The maximum atomic E-state index is 12.8. The highest BCUT2D eigenvalue weighted by atomic mass is 16.6. The SMILES string of the molecule is CC/C=C\C/C=C\CCCCCCCC(=O)OCC(COC(=O)CCCCCCCCC/C=C\CCCCCCCCCC)OC(=O)CCCCCCCCC/C=C\CCCCCC. The first-order valence-corrected chi connectivity index (χ1v) is 27.6. The maximum Gasteiger partial charge on any atom is 0.306 e. The number of carbonyl (C=O) groups is 3. The van der Waals surface area contributed by atoms with E-state index in [-0.39, 0.29) is 31.1 Å². The van der Waals surface area contributed by atoms with Crippen LogP contribution in [0.2, 0.25) is 0 Å². The quantitative estimate of drug-likeness (QED) is 0.0262. The number of allylic oxidation sites excluding steroid dienone is 8. The van der Waals surface area contributed by atoms with E-state index in [1.54, 1.807) is 0 Å². The van der Waals surface area contributed by atoms with Crippen molar-refractivity contribution in [2.75, 3.05) is 13.2 Å². The Kier molecular flexibility index (Phi) is 50.8. The molecule has 0 rings (SSSR count). The van der Waals surface area contributed by atoms with Crippen LogP contribution in [-0.4, -0.2) is 37.2 Å². The number of carbonyl (C=O) groups excluding carboxylic acids is 3. The molecule has 0 aromatic rings. The van der Waals surface area contributed by atoms with Crippen LogP contribution in [0.1, 0.15) is 284 Å². The third kappa shape index (κ3) is 50.4. The van der Waals surface area contributed by atoms with Crippen molar-refractivity contribution < 1.29 is 28.6 Å². The lowest BCUT2D eigenvalue weighted by molar-refractivity contribution is -0.167. The van der Waals surface area contributed by atoms with Gasteiger partial charge in [-0.15, -0.1) is 0 Å². The van der Waals surface area contributed by atoms with Crippen LogP contribution in [0.15, 0.2) is 48.6 Å². The molecule has 0 aromatic carbocycles. The summed E-state index contributed by atoms with van der Waals surface area (Å²) in [4.78, 5) is 38.0. The average molecular weight is 897 g/mol. The van der Waals surface area contributed by atoms with Crippen LogP contribution in [0.4, 0.5) is 0 Å². The molecule has 1 atom stereocenters. The van der Waals surface area contributed by atoms with E-state index >= 15 is 0 Å². The highest BCUT2D eigenvalue weighted by molar-refractivity contribution is 5.71. The number of rotatable bonds is 50. The van der Waals surface area contributed by atoms with Crippen molar-refractivity contribution in [2.24, 2.45) is 0 Å². The molecule has 0 saturated carbocycles. The lowest BCUT2D eigenvalue weighted by Crippen LogP contribution is -2.30. The number of esters is 3. The molecule has 0 spiro atoms. The minimum Gasteiger partial charge on any atom is -0.462 e. The molecule has 1 unspecified atom stereocenters. The first kappa shape index (κ1) is 61.4. The van der Waals surface area contributed by atoms with E-state index in [0.29, 0.717) is 19.3 Å². The second kappa shape index (κ2) is 53.0. The van der Waals surface area contributed by atoms with Gasteiger partial charge in [-0.1, -0.05) is 217 Å². The van der Waals surface area contributed by atoms with Crippen molar-refractivity contribution in [1.29, 1.82) is 0 Å². The van der Waals surface area contributed by atoms with Crippen LogP contribution >= 0.6 is 0 Å². The second-order valence-corrected chi connectivity index (χ2v) is 18.5. The molecule has 0 radical (unpaired) electrons. The zero-order chi connectivity index (χ0) is 46.5. The Balaban J connectivity index is 4.34. The number of hydrogen-bond acceptors (Lipinski definition) is 6. The lowest BCUT2D eigenvalue weighted by atomic mass is 10.1. The molecule has 0 amide bonds. The Bertz CT molecular complexity index is 1120. The Morgan fingerprint density at radius 3 is 0.969 bits per heavy atom. The summed E-state index contributed by atoms with van der Waals surface area (Å²) >= 11 is 0. The first-order chi connectivity index (χ1) is 31.5. The minimum atomic E-state index is -0.781. The Morgan fingerprint density at radius 2 is 0.609 bits per heavy atom. The second-order valence-electron chi connectivity index (χ2n) is 18.5. The predicted octanol–water partition coefficient (Wildman–Crippen LogP) is 18.3. The van der Waals surface area contributed by atoms with E-state index in [1.165, 1.54) is 161 Å². The number of hydrogen-bond donors (Lipinski definition) is 0. The molecule has 0 N–H and O–H groups in total. The molecule has 64 heavy (non-hydrogen) atoms. The fourth-order valence-corrected chi connectivity index (χ4v) is 7.88. The third-order valence-corrected chi connectivity index (χ3v) is 12.0. The van der Waals surface area contributed by atoms with Gasteiger partial charge in [0.2, 0.25) is 0 Å². The molecule has 372 valence electrons. The summed E-state index contributed by atoms with van der Waals surface area (Å²) in [6.07, 6.45) is 63.9. The highest BCUT2D eigenvalue weighted by Crippen LogP contribution is 2.15. The van der Waals surface area contributed by atoms with Crippen LogP contribution < -0.4 is 0 Å². The smallest absolute Gasteiger partial charge is 0.306 e. The van der Waals surface area contributed by atoms with Gasteiger partial charge in [-0.3, -0.25) is 14.4 Å². The summed E-state index contributed by atoms with van der Waals surface area (Å²) in [5.74, 6) is -0.895. The zero-order valence-electron chi connectivity index (χ0n) is 42.6. The van der Waals surface area contributed by atoms with Gasteiger partial charge in [-0.25, -0.2) is 0 Å². The van der Waals surface area contributed by atoms with Crippen molar-refractivity contribution in [3.8, 4) is 0 Å². The normalized spacial score (nSPS) is 12.4. The van der Waals surface area contributed by atoms with Crippen LogP contribution in [0.3, 0.4) is 0 Å². The summed E-state index contributed by atoms with van der Waals surface area (Å²) in [5.41, 5.74) is 0. The topological polar surface area (TPSA) is 78.9 Å². The molecule has 0 bridgehead atoms. The van der Waals surface area contributed by atoms with Gasteiger partial charge < -0.3 is 14.2 Å². The average Bonchev–Trinajstić information content (AvgIpc) is 3.29. The highest BCUT2D eigenvalue weighted by Gasteiger charge is 2.19. The molecule has 0 aromatic heterocycles. The fraction of sp³-hybridized carbons (Fsp3) is 0.810. The van der Waals surface area contributed by atoms with E-state index < -0.39 is 6.10 Å². The van der Waals surface area contributed by atoms with Gasteiger partial charge in [0, 0.05) is 19.3 Å². The Hall–Kier alpha value is -2.63. The standard InChI is InChI=1S/C58H104O6/c1-4-7-10-13-16-19-22-25-27-28-29-30-32-33-36-39-42-45-48-51-57(60)63-54-55(53-62-56(59)50-47-44-41-38-35-24-21-18-15-12-9-6-3)64-58(61)52-49-46-43-40-37-34-31-26-23-20-17-14-11-8-5-2/h9,12,18,20-21,23,28-29,55H,4-8,10-11,13-17,19,22,24-27,30-54H2,1-3H3/b12-9-,21-18-,23-20-,29-28-. The molecule has 0 saturated heterocycles. The van der Waals surface area contributed by atoms with Crippen molar-refractivity contribution in [2.45, 2.75) is 290 Å². The molecule has 6 heteroatoms. The molecule has 0 aliphatic rings. The summed E-state index contributed by atoms with van der Waals surface area (Å²) in [6.45, 7) is 6.52. The predicted molar refractivity (Wildman–Crippen MR) is 275 cm³/mol. The molecular formula is C58H104O6. The van der Waals surface area contributed by atoms with Gasteiger partial charge in [0.15, 0.2) is 6.10 Å². The van der Waals surface area contributed by atoms with E-state index in [0.717, 1.165) is 83.5 Å².